The summed E-state index contributed by atoms with van der Waals surface area (Å²) in [4.78, 5) is 26.1. The van der Waals surface area contributed by atoms with Crippen LogP contribution in [0, 0.1) is 5.92 Å². The Morgan fingerprint density at radius 3 is 2.65 bits per heavy atom. The summed E-state index contributed by atoms with van der Waals surface area (Å²) in [5.41, 5.74) is 1.78. The van der Waals surface area contributed by atoms with Crippen molar-refractivity contribution in [2.45, 2.75) is 25.4 Å². The topological polar surface area (TPSA) is 113 Å². The maximum absolute atomic E-state index is 12.9. The number of Topliss-reactive ketones (excluding diaryl/α,β-unsaturated/α-hetero) is 1. The fourth-order valence-electron chi connectivity index (χ4n) is 3.57. The number of hydrogen-bond acceptors (Lipinski definition) is 6. The fraction of sp³-hybridized carbons (Fsp3) is 0.688. The minimum absolute atomic E-state index is 0.0613. The normalized spacial score (nSPS) is 23.6. The molecule has 0 spiro atoms. The Labute approximate surface area is 152 Å². The van der Waals surface area contributed by atoms with Crippen molar-refractivity contribution < 1.29 is 23.1 Å². The van der Waals surface area contributed by atoms with Crippen molar-refractivity contribution >= 4 is 21.7 Å². The molecule has 26 heavy (non-hydrogen) atoms. The van der Waals surface area contributed by atoms with Gasteiger partial charge in [0, 0.05) is 64.2 Å². The SMILES string of the molecule is CN(C)S(=O)(=O)C[C@@H]1CN(C(=O)c2nn(C)c3c2CC(=O)CC3)C[C@@H]1O. The van der Waals surface area contributed by atoms with Gasteiger partial charge in [-0.15, -0.1) is 0 Å². The van der Waals surface area contributed by atoms with E-state index in [1.54, 1.807) is 11.7 Å². The fourth-order valence-corrected chi connectivity index (χ4v) is 4.74. The van der Waals surface area contributed by atoms with Crippen LogP contribution in [0.15, 0.2) is 0 Å². The van der Waals surface area contributed by atoms with Crippen LogP contribution in [0.5, 0.6) is 0 Å². The van der Waals surface area contributed by atoms with E-state index < -0.39 is 22.0 Å². The van der Waals surface area contributed by atoms with Crippen LogP contribution in [0.25, 0.3) is 0 Å². The summed E-state index contributed by atoms with van der Waals surface area (Å²) in [6.07, 6.45) is 0.304. The van der Waals surface area contributed by atoms with Gasteiger partial charge in [0.25, 0.3) is 5.91 Å². The smallest absolute Gasteiger partial charge is 0.274 e. The van der Waals surface area contributed by atoms with Crippen LogP contribution in [-0.4, -0.2) is 83.2 Å². The van der Waals surface area contributed by atoms with E-state index in [1.165, 1.54) is 19.0 Å². The van der Waals surface area contributed by atoms with Gasteiger partial charge in [-0.3, -0.25) is 14.3 Å². The average molecular weight is 384 g/mol. The Bertz CT molecular complexity index is 845. The van der Waals surface area contributed by atoms with Crippen LogP contribution in [-0.2, 0) is 34.7 Å². The third kappa shape index (κ3) is 3.40. The summed E-state index contributed by atoms with van der Waals surface area (Å²) in [5, 5.41) is 14.5. The monoisotopic (exact) mass is 384 g/mol. The van der Waals surface area contributed by atoms with Gasteiger partial charge in [0.15, 0.2) is 5.69 Å². The van der Waals surface area contributed by atoms with Crippen molar-refractivity contribution in [2.75, 3.05) is 32.9 Å². The summed E-state index contributed by atoms with van der Waals surface area (Å²) < 4.78 is 26.9. The molecule has 144 valence electrons. The highest BCUT2D eigenvalue weighted by atomic mass is 32.2. The Kier molecular flexibility index (Phi) is 4.93. The number of aryl methyl sites for hydroxylation is 1. The summed E-state index contributed by atoms with van der Waals surface area (Å²) in [7, 11) is 1.15. The Hall–Kier alpha value is -1.78. The van der Waals surface area contributed by atoms with E-state index in [2.05, 4.69) is 5.10 Å². The summed E-state index contributed by atoms with van der Waals surface area (Å²) in [5.74, 6) is -1.05. The molecule has 1 N–H and O–H groups in total. The Balaban J connectivity index is 1.79. The predicted molar refractivity (Wildman–Crippen MR) is 93.1 cm³/mol. The zero-order valence-electron chi connectivity index (χ0n) is 15.2. The zero-order valence-corrected chi connectivity index (χ0v) is 16.0. The van der Waals surface area contributed by atoms with Gasteiger partial charge in [-0.25, -0.2) is 12.7 Å². The van der Waals surface area contributed by atoms with E-state index in [-0.39, 0.29) is 42.6 Å². The van der Waals surface area contributed by atoms with Crippen LogP contribution in [0.3, 0.4) is 0 Å². The second-order valence-corrected chi connectivity index (χ2v) is 9.44. The van der Waals surface area contributed by atoms with Crippen molar-refractivity contribution in [1.29, 1.82) is 0 Å². The Morgan fingerprint density at radius 2 is 2.00 bits per heavy atom. The summed E-state index contributed by atoms with van der Waals surface area (Å²) >= 11 is 0. The minimum atomic E-state index is -3.47. The number of rotatable bonds is 4. The molecule has 1 fully saturated rings. The van der Waals surface area contributed by atoms with Crippen LogP contribution in [0.4, 0.5) is 0 Å². The number of β-amino-alcohol motifs (C(OH)–C–C–N with tert-alkyl or cyclic N) is 1. The number of ketones is 1. The molecule has 2 heterocycles. The molecular formula is C16H24N4O5S. The highest BCUT2D eigenvalue weighted by Crippen LogP contribution is 2.26. The third-order valence-electron chi connectivity index (χ3n) is 5.17. The maximum atomic E-state index is 12.9. The molecule has 0 aromatic carbocycles. The van der Waals surface area contributed by atoms with Crippen LogP contribution in [0.2, 0.25) is 0 Å². The number of aromatic nitrogens is 2. The molecule has 1 aliphatic heterocycles. The van der Waals surface area contributed by atoms with E-state index >= 15 is 0 Å². The predicted octanol–water partition coefficient (Wildman–Crippen LogP) is -1.20. The number of carbonyl (C=O) groups is 2. The standard InChI is InChI=1S/C16H24N4O5S/c1-18(2)26(24,25)9-10-7-20(8-14(10)22)16(23)15-12-6-11(21)4-5-13(12)19(3)17-15/h10,14,22H,4-9H2,1-3H3/t10-,14-/m0/s1. The summed E-state index contributed by atoms with van der Waals surface area (Å²) in [6, 6.07) is 0. The number of hydrogen-bond donors (Lipinski definition) is 1. The molecular weight excluding hydrogens is 360 g/mol. The number of likely N-dealkylation sites (tertiary alicyclic amines) is 1. The molecule has 2 atom stereocenters. The quantitative estimate of drug-likeness (QED) is 0.698. The van der Waals surface area contributed by atoms with Gasteiger partial charge in [0.1, 0.15) is 5.78 Å². The van der Waals surface area contributed by atoms with Crippen LogP contribution in [0.1, 0.15) is 28.2 Å². The van der Waals surface area contributed by atoms with E-state index in [1.807, 2.05) is 0 Å². The number of sulfonamides is 1. The van der Waals surface area contributed by atoms with Gasteiger partial charge >= 0.3 is 0 Å². The molecule has 1 aromatic rings. The average Bonchev–Trinajstić information content (AvgIpc) is 3.07. The van der Waals surface area contributed by atoms with Crippen molar-refractivity contribution in [3.63, 3.8) is 0 Å². The first kappa shape index (κ1) is 19.0. The molecule has 0 radical (unpaired) electrons. The molecule has 0 bridgehead atoms. The van der Waals surface area contributed by atoms with E-state index in [4.69, 9.17) is 0 Å². The van der Waals surface area contributed by atoms with E-state index in [9.17, 15) is 23.1 Å². The molecule has 10 heteroatoms. The second-order valence-electron chi connectivity index (χ2n) is 7.21. The first-order chi connectivity index (χ1) is 12.1. The molecule has 1 saturated heterocycles. The lowest BCUT2D eigenvalue weighted by molar-refractivity contribution is -0.118. The molecule has 1 aliphatic carbocycles. The lowest BCUT2D eigenvalue weighted by atomic mass is 9.94. The lowest BCUT2D eigenvalue weighted by Gasteiger charge is -2.18. The lowest BCUT2D eigenvalue weighted by Crippen LogP contribution is -2.34. The van der Waals surface area contributed by atoms with E-state index in [0.29, 0.717) is 18.4 Å². The van der Waals surface area contributed by atoms with Crippen LogP contribution >= 0.6 is 0 Å². The molecule has 2 aliphatic rings. The number of aliphatic hydroxyl groups excluding tert-OH is 1. The van der Waals surface area contributed by atoms with E-state index in [0.717, 1.165) is 10.00 Å². The summed E-state index contributed by atoms with van der Waals surface area (Å²) in [6.45, 7) is 0.206. The molecule has 1 amide bonds. The first-order valence-corrected chi connectivity index (χ1v) is 10.1. The molecule has 9 nitrogen and oxygen atoms in total. The van der Waals surface area contributed by atoms with Gasteiger partial charge in [-0.05, 0) is 6.42 Å². The van der Waals surface area contributed by atoms with Crippen molar-refractivity contribution in [1.82, 2.24) is 19.0 Å². The van der Waals surface area contributed by atoms with Gasteiger partial charge in [0.05, 0.1) is 11.9 Å². The Morgan fingerprint density at radius 1 is 1.31 bits per heavy atom. The number of fused-ring (bicyclic) bond motifs is 1. The minimum Gasteiger partial charge on any atom is -0.391 e. The number of nitrogens with zero attached hydrogens (tertiary/aromatic N) is 4. The maximum Gasteiger partial charge on any atom is 0.274 e. The van der Waals surface area contributed by atoms with Gasteiger partial charge in [-0.2, -0.15) is 5.10 Å². The van der Waals surface area contributed by atoms with Crippen molar-refractivity contribution in [3.8, 4) is 0 Å². The first-order valence-electron chi connectivity index (χ1n) is 8.54. The molecule has 3 rings (SSSR count). The number of aliphatic hydroxyl groups is 1. The van der Waals surface area contributed by atoms with Crippen LogP contribution < -0.4 is 0 Å². The van der Waals surface area contributed by atoms with Gasteiger partial charge < -0.3 is 10.0 Å². The molecule has 0 unspecified atom stereocenters. The second kappa shape index (κ2) is 6.75. The third-order valence-corrected chi connectivity index (χ3v) is 7.13. The van der Waals surface area contributed by atoms with Crippen molar-refractivity contribution in [2.24, 2.45) is 13.0 Å². The highest BCUT2D eigenvalue weighted by Gasteiger charge is 2.39. The number of carbonyl (C=O) groups excluding carboxylic acids is 2. The largest absolute Gasteiger partial charge is 0.391 e. The van der Waals surface area contributed by atoms with Gasteiger partial charge in [-0.1, -0.05) is 0 Å². The zero-order chi connectivity index (χ0) is 19.2. The number of amides is 1. The van der Waals surface area contributed by atoms with Crippen molar-refractivity contribution in [3.05, 3.63) is 17.0 Å². The molecule has 1 aromatic heterocycles. The van der Waals surface area contributed by atoms with Gasteiger partial charge in [0.2, 0.25) is 10.0 Å². The molecule has 0 saturated carbocycles. The highest BCUT2D eigenvalue weighted by molar-refractivity contribution is 7.89.